The highest BCUT2D eigenvalue weighted by Crippen LogP contribution is 2.28. The molecule has 1 amide bonds. The molecule has 1 aliphatic rings. The van der Waals surface area contributed by atoms with Gasteiger partial charge in [-0.15, -0.1) is 0 Å². The molecule has 2 aromatic carbocycles. The molecule has 0 aromatic heterocycles. The summed E-state index contributed by atoms with van der Waals surface area (Å²) in [5.41, 5.74) is 1.77. The number of carbonyl (C=O) groups is 1. The van der Waals surface area contributed by atoms with Gasteiger partial charge in [0.15, 0.2) is 0 Å². The molecule has 154 valence electrons. The van der Waals surface area contributed by atoms with E-state index in [4.69, 9.17) is 9.47 Å². The summed E-state index contributed by atoms with van der Waals surface area (Å²) in [6.45, 7) is 7.57. The number of hydrogen-bond acceptors (Lipinski definition) is 3. The van der Waals surface area contributed by atoms with Crippen LogP contribution in [0.4, 0.5) is 4.79 Å². The third kappa shape index (κ3) is 6.47. The molecule has 0 radical (unpaired) electrons. The van der Waals surface area contributed by atoms with Gasteiger partial charge in [0.2, 0.25) is 0 Å². The van der Waals surface area contributed by atoms with Crippen molar-refractivity contribution in [3.63, 3.8) is 0 Å². The zero-order valence-corrected chi connectivity index (χ0v) is 17.6. The van der Waals surface area contributed by atoms with Gasteiger partial charge in [-0.2, -0.15) is 0 Å². The van der Waals surface area contributed by atoms with E-state index >= 15 is 0 Å². The van der Waals surface area contributed by atoms with Crippen molar-refractivity contribution in [2.45, 2.75) is 45.4 Å². The van der Waals surface area contributed by atoms with E-state index < -0.39 is 5.60 Å². The van der Waals surface area contributed by atoms with Crippen molar-refractivity contribution in [3.05, 3.63) is 77.9 Å². The summed E-state index contributed by atoms with van der Waals surface area (Å²) in [5.74, 6) is 0.242. The zero-order chi connectivity index (χ0) is 20.7. The predicted molar refractivity (Wildman–Crippen MR) is 116 cm³/mol. The Hall–Kier alpha value is -2.59. The van der Waals surface area contributed by atoms with Gasteiger partial charge in [0.1, 0.15) is 5.60 Å². The number of nitrogens with zero attached hydrogens (tertiary/aromatic N) is 1. The minimum absolute atomic E-state index is 0.0409. The van der Waals surface area contributed by atoms with Crippen LogP contribution < -0.4 is 0 Å². The minimum Gasteiger partial charge on any atom is -0.444 e. The summed E-state index contributed by atoms with van der Waals surface area (Å²) in [4.78, 5) is 14.6. The average Bonchev–Trinajstić information content (AvgIpc) is 3.10. The maximum Gasteiger partial charge on any atom is 0.410 e. The molecule has 3 rings (SSSR count). The maximum absolute atomic E-state index is 12.8. The van der Waals surface area contributed by atoms with Crippen LogP contribution in [0.25, 0.3) is 6.08 Å². The fourth-order valence-electron chi connectivity index (χ4n) is 3.53. The lowest BCUT2D eigenvalue weighted by Crippen LogP contribution is -2.41. The largest absolute Gasteiger partial charge is 0.444 e. The first-order valence-corrected chi connectivity index (χ1v) is 10.3. The lowest BCUT2D eigenvalue weighted by Gasteiger charge is -2.29. The molecule has 2 aromatic rings. The molecule has 0 saturated carbocycles. The van der Waals surface area contributed by atoms with Crippen LogP contribution in [0.5, 0.6) is 0 Å². The molecule has 1 fully saturated rings. The van der Waals surface area contributed by atoms with Crippen molar-refractivity contribution < 1.29 is 14.3 Å². The number of carbonyl (C=O) groups excluding carboxylic acids is 1. The predicted octanol–water partition coefficient (Wildman–Crippen LogP) is 5.54. The second-order valence-electron chi connectivity index (χ2n) is 8.48. The Morgan fingerprint density at radius 1 is 1.07 bits per heavy atom. The third-order valence-electron chi connectivity index (χ3n) is 4.94. The van der Waals surface area contributed by atoms with Gasteiger partial charge >= 0.3 is 6.09 Å². The van der Waals surface area contributed by atoms with Crippen molar-refractivity contribution in [1.29, 1.82) is 0 Å². The van der Waals surface area contributed by atoms with Gasteiger partial charge in [-0.1, -0.05) is 72.8 Å². The molecule has 4 nitrogen and oxygen atoms in total. The molecule has 1 saturated heterocycles. The number of rotatable bonds is 6. The smallest absolute Gasteiger partial charge is 0.410 e. The van der Waals surface area contributed by atoms with E-state index in [1.165, 1.54) is 0 Å². The van der Waals surface area contributed by atoms with E-state index in [2.05, 4.69) is 36.4 Å². The van der Waals surface area contributed by atoms with Crippen LogP contribution >= 0.6 is 0 Å². The van der Waals surface area contributed by atoms with Crippen LogP contribution in [-0.2, 0) is 16.1 Å². The average molecular weight is 394 g/mol. The molecule has 4 heteroatoms. The van der Waals surface area contributed by atoms with Crippen molar-refractivity contribution in [1.82, 2.24) is 4.90 Å². The van der Waals surface area contributed by atoms with Gasteiger partial charge in [-0.05, 0) is 38.3 Å². The van der Waals surface area contributed by atoms with Crippen molar-refractivity contribution >= 4 is 12.2 Å². The second kappa shape index (κ2) is 9.75. The van der Waals surface area contributed by atoms with Crippen LogP contribution in [0.2, 0.25) is 0 Å². The molecule has 0 unspecified atom stereocenters. The fraction of sp³-hybridized carbons (Fsp3) is 0.400. The molecule has 2 atom stereocenters. The van der Waals surface area contributed by atoms with Crippen LogP contribution in [0.15, 0.2) is 66.7 Å². The summed E-state index contributed by atoms with van der Waals surface area (Å²) in [6, 6.07) is 20.3. The summed E-state index contributed by atoms with van der Waals surface area (Å²) < 4.78 is 11.6. The van der Waals surface area contributed by atoms with Crippen LogP contribution in [0.3, 0.4) is 0 Å². The van der Waals surface area contributed by atoms with Crippen LogP contribution in [0.1, 0.15) is 38.3 Å². The highest BCUT2D eigenvalue weighted by atomic mass is 16.6. The second-order valence-corrected chi connectivity index (χ2v) is 8.48. The van der Waals surface area contributed by atoms with E-state index in [0.717, 1.165) is 17.5 Å². The fourth-order valence-corrected chi connectivity index (χ4v) is 3.53. The van der Waals surface area contributed by atoms with Gasteiger partial charge in [0.25, 0.3) is 0 Å². The maximum atomic E-state index is 12.8. The minimum atomic E-state index is -0.507. The van der Waals surface area contributed by atoms with Gasteiger partial charge in [0.05, 0.1) is 19.3 Å². The summed E-state index contributed by atoms with van der Waals surface area (Å²) in [5, 5.41) is 0. The Labute approximate surface area is 174 Å². The van der Waals surface area contributed by atoms with Gasteiger partial charge < -0.3 is 14.4 Å². The summed E-state index contributed by atoms with van der Waals surface area (Å²) >= 11 is 0. The highest BCUT2D eigenvalue weighted by molar-refractivity contribution is 5.70. The van der Waals surface area contributed by atoms with Crippen molar-refractivity contribution in [3.8, 4) is 0 Å². The number of amides is 1. The Morgan fingerprint density at radius 2 is 1.72 bits per heavy atom. The van der Waals surface area contributed by atoms with E-state index in [9.17, 15) is 4.79 Å². The lowest BCUT2D eigenvalue weighted by molar-refractivity contribution is 0.0211. The molecule has 0 aliphatic carbocycles. The van der Waals surface area contributed by atoms with Gasteiger partial charge in [0, 0.05) is 12.5 Å². The lowest BCUT2D eigenvalue weighted by atomic mass is 10.00. The molecular weight excluding hydrogens is 362 g/mol. The van der Waals surface area contributed by atoms with Gasteiger partial charge in [-0.25, -0.2) is 4.79 Å². The molecule has 0 spiro atoms. The Balaban J connectivity index is 1.68. The molecule has 0 N–H and O–H groups in total. The molecule has 1 heterocycles. The SMILES string of the molecule is CC(C)(C)OC(=O)N1CC[C@H](COCc2ccccc2)[C@@H]1/C=C/c1ccccc1. The summed E-state index contributed by atoms with van der Waals surface area (Å²) in [7, 11) is 0. The standard InChI is InChI=1S/C25H31NO3/c1-25(2,3)29-24(27)26-17-16-22(19-28-18-21-12-8-5-9-13-21)23(26)15-14-20-10-6-4-7-11-20/h4-15,22-23H,16-19H2,1-3H3/b15-14+/t22-,23+/m1/s1. The quantitative estimate of drug-likeness (QED) is 0.646. The topological polar surface area (TPSA) is 38.8 Å². The molecule has 0 bridgehead atoms. The summed E-state index contributed by atoms with van der Waals surface area (Å²) in [6.07, 6.45) is 4.84. The number of benzene rings is 2. The van der Waals surface area contributed by atoms with Gasteiger partial charge in [-0.3, -0.25) is 0 Å². The normalized spacial score (nSPS) is 19.6. The van der Waals surface area contributed by atoms with Crippen molar-refractivity contribution in [2.24, 2.45) is 5.92 Å². The van der Waals surface area contributed by atoms with Crippen molar-refractivity contribution in [2.75, 3.05) is 13.2 Å². The van der Waals surface area contributed by atoms with Crippen LogP contribution in [-0.4, -0.2) is 35.8 Å². The van der Waals surface area contributed by atoms with Crippen LogP contribution in [0, 0.1) is 5.92 Å². The van der Waals surface area contributed by atoms with E-state index in [0.29, 0.717) is 19.8 Å². The van der Waals surface area contributed by atoms with E-state index in [1.807, 2.05) is 62.1 Å². The third-order valence-corrected chi connectivity index (χ3v) is 4.94. The number of likely N-dealkylation sites (tertiary alicyclic amines) is 1. The Bertz CT molecular complexity index is 796. The molecule has 29 heavy (non-hydrogen) atoms. The number of hydrogen-bond donors (Lipinski definition) is 0. The van der Waals surface area contributed by atoms with E-state index in [-0.39, 0.29) is 18.1 Å². The Kier molecular flexibility index (Phi) is 7.10. The first kappa shape index (κ1) is 21.1. The number of ether oxygens (including phenoxy) is 2. The zero-order valence-electron chi connectivity index (χ0n) is 17.6. The first-order valence-electron chi connectivity index (χ1n) is 10.3. The van der Waals surface area contributed by atoms with E-state index in [1.54, 1.807) is 0 Å². The first-order chi connectivity index (χ1) is 13.9. The Morgan fingerprint density at radius 3 is 2.38 bits per heavy atom. The monoisotopic (exact) mass is 393 g/mol. The molecular formula is C25H31NO3. The molecule has 1 aliphatic heterocycles. The highest BCUT2D eigenvalue weighted by Gasteiger charge is 2.37.